The molecular formula is C6H7N3OS. The molecule has 0 saturated carbocycles. The third-order valence-electron chi connectivity index (χ3n) is 0.942. The van der Waals surface area contributed by atoms with Crippen LogP contribution in [-0.2, 0) is 4.79 Å². The first-order chi connectivity index (χ1) is 5.22. The number of hydrogen-bond donors (Lipinski definition) is 1. The van der Waals surface area contributed by atoms with Gasteiger partial charge in [0.05, 0.1) is 0 Å². The highest BCUT2D eigenvalue weighted by Crippen LogP contribution is 2.12. The predicted octanol–water partition coefficient (Wildman–Crippen LogP) is 0.971. The smallest absolute Gasteiger partial charge is 0.249 e. The molecule has 0 radical (unpaired) electrons. The van der Waals surface area contributed by atoms with Crippen LogP contribution in [0.15, 0.2) is 12.7 Å². The largest absolute Gasteiger partial charge is 0.297 e. The highest BCUT2D eigenvalue weighted by atomic mass is 32.1. The molecule has 11 heavy (non-hydrogen) atoms. The van der Waals surface area contributed by atoms with Gasteiger partial charge in [-0.3, -0.25) is 10.1 Å². The number of carbonyl (C=O) groups is 1. The summed E-state index contributed by atoms with van der Waals surface area (Å²) in [6.07, 6.45) is 1.19. The summed E-state index contributed by atoms with van der Waals surface area (Å²) >= 11 is 1.33. The minimum absolute atomic E-state index is 0.263. The normalized spacial score (nSPS) is 9.18. The molecule has 0 saturated heterocycles. The van der Waals surface area contributed by atoms with E-state index in [1.165, 1.54) is 17.4 Å². The minimum Gasteiger partial charge on any atom is -0.297 e. The van der Waals surface area contributed by atoms with E-state index < -0.39 is 0 Å². The first-order valence-electron chi connectivity index (χ1n) is 2.96. The third kappa shape index (κ3) is 2.12. The van der Waals surface area contributed by atoms with Gasteiger partial charge in [0.1, 0.15) is 5.01 Å². The predicted molar refractivity (Wildman–Crippen MR) is 43.5 cm³/mol. The zero-order valence-electron chi connectivity index (χ0n) is 6.00. The van der Waals surface area contributed by atoms with Crippen LogP contribution in [0.3, 0.4) is 0 Å². The van der Waals surface area contributed by atoms with E-state index in [9.17, 15) is 4.79 Å². The van der Waals surface area contributed by atoms with Crippen molar-refractivity contribution in [2.24, 2.45) is 0 Å². The Balaban J connectivity index is 2.64. The van der Waals surface area contributed by atoms with Crippen LogP contribution in [0.5, 0.6) is 0 Å². The maximum absolute atomic E-state index is 10.7. The minimum atomic E-state index is -0.263. The van der Waals surface area contributed by atoms with Gasteiger partial charge in [-0.05, 0) is 13.0 Å². The first kappa shape index (κ1) is 7.87. The summed E-state index contributed by atoms with van der Waals surface area (Å²) in [7, 11) is 0. The first-order valence-corrected chi connectivity index (χ1v) is 3.77. The maximum Gasteiger partial charge on any atom is 0.249 e. The molecule has 1 aromatic rings. The summed E-state index contributed by atoms with van der Waals surface area (Å²) in [4.78, 5) is 10.7. The number of aryl methyl sites for hydroxylation is 1. The van der Waals surface area contributed by atoms with Crippen LogP contribution in [0.25, 0.3) is 0 Å². The van der Waals surface area contributed by atoms with Crippen molar-refractivity contribution < 1.29 is 4.79 Å². The van der Waals surface area contributed by atoms with Crippen molar-refractivity contribution in [2.75, 3.05) is 5.32 Å². The fourth-order valence-electron chi connectivity index (χ4n) is 0.503. The van der Waals surface area contributed by atoms with E-state index in [0.717, 1.165) is 5.01 Å². The second kappa shape index (κ2) is 3.25. The van der Waals surface area contributed by atoms with E-state index in [2.05, 4.69) is 22.1 Å². The second-order valence-corrected chi connectivity index (χ2v) is 3.00. The SMILES string of the molecule is C=CC(=O)Nc1nnc(C)s1. The van der Waals surface area contributed by atoms with Crippen molar-refractivity contribution in [1.82, 2.24) is 10.2 Å². The summed E-state index contributed by atoms with van der Waals surface area (Å²) < 4.78 is 0. The van der Waals surface area contributed by atoms with Gasteiger partial charge in [-0.15, -0.1) is 10.2 Å². The number of rotatable bonds is 2. The number of carbonyl (C=O) groups excluding carboxylic acids is 1. The molecule has 1 amide bonds. The summed E-state index contributed by atoms with van der Waals surface area (Å²) in [6.45, 7) is 5.13. The average Bonchev–Trinajstić information content (AvgIpc) is 2.35. The lowest BCUT2D eigenvalue weighted by Gasteiger charge is -1.91. The highest BCUT2D eigenvalue weighted by molar-refractivity contribution is 7.15. The molecule has 0 spiro atoms. The molecule has 1 aromatic heterocycles. The molecule has 1 heterocycles. The van der Waals surface area contributed by atoms with Gasteiger partial charge in [0, 0.05) is 0 Å². The fourth-order valence-corrected chi connectivity index (χ4v) is 1.10. The van der Waals surface area contributed by atoms with Crippen molar-refractivity contribution in [3.63, 3.8) is 0 Å². The summed E-state index contributed by atoms with van der Waals surface area (Å²) in [6, 6.07) is 0. The Labute approximate surface area is 68.0 Å². The van der Waals surface area contributed by atoms with Crippen molar-refractivity contribution in [3.05, 3.63) is 17.7 Å². The Morgan fingerprint density at radius 3 is 2.91 bits per heavy atom. The van der Waals surface area contributed by atoms with E-state index in [-0.39, 0.29) is 5.91 Å². The van der Waals surface area contributed by atoms with Crippen molar-refractivity contribution in [2.45, 2.75) is 6.92 Å². The van der Waals surface area contributed by atoms with E-state index >= 15 is 0 Å². The van der Waals surface area contributed by atoms with Crippen molar-refractivity contribution in [1.29, 1.82) is 0 Å². The van der Waals surface area contributed by atoms with Gasteiger partial charge >= 0.3 is 0 Å². The van der Waals surface area contributed by atoms with Crippen LogP contribution in [-0.4, -0.2) is 16.1 Å². The lowest BCUT2D eigenvalue weighted by Crippen LogP contribution is -2.06. The Bertz CT molecular complexity index is 281. The summed E-state index contributed by atoms with van der Waals surface area (Å²) in [5.74, 6) is -0.263. The van der Waals surface area contributed by atoms with Gasteiger partial charge in [0.2, 0.25) is 11.0 Å². The Hall–Kier alpha value is -1.23. The summed E-state index contributed by atoms with van der Waals surface area (Å²) in [5, 5.41) is 11.2. The van der Waals surface area contributed by atoms with Gasteiger partial charge in [-0.25, -0.2) is 0 Å². The maximum atomic E-state index is 10.7. The fraction of sp³-hybridized carbons (Fsp3) is 0.167. The average molecular weight is 169 g/mol. The van der Waals surface area contributed by atoms with E-state index in [1.807, 2.05) is 6.92 Å². The molecule has 4 nitrogen and oxygen atoms in total. The topological polar surface area (TPSA) is 54.9 Å². The van der Waals surface area contributed by atoms with Gasteiger partial charge in [-0.2, -0.15) is 0 Å². The Morgan fingerprint density at radius 1 is 1.73 bits per heavy atom. The molecule has 0 aliphatic rings. The van der Waals surface area contributed by atoms with Crippen molar-refractivity contribution >= 4 is 22.4 Å². The van der Waals surface area contributed by atoms with Crippen LogP contribution < -0.4 is 5.32 Å². The monoisotopic (exact) mass is 169 g/mol. The Kier molecular flexibility index (Phi) is 2.32. The number of aromatic nitrogens is 2. The van der Waals surface area contributed by atoms with E-state index in [1.54, 1.807) is 0 Å². The zero-order chi connectivity index (χ0) is 8.27. The number of nitrogens with zero attached hydrogens (tertiary/aromatic N) is 2. The quantitative estimate of drug-likeness (QED) is 0.671. The van der Waals surface area contributed by atoms with Gasteiger partial charge in [-0.1, -0.05) is 17.9 Å². The van der Waals surface area contributed by atoms with E-state index in [4.69, 9.17) is 0 Å². The Morgan fingerprint density at radius 2 is 2.45 bits per heavy atom. The summed E-state index contributed by atoms with van der Waals surface area (Å²) in [5.41, 5.74) is 0. The second-order valence-electron chi connectivity index (χ2n) is 1.82. The number of anilines is 1. The van der Waals surface area contributed by atoms with Crippen LogP contribution in [0.4, 0.5) is 5.13 Å². The molecule has 5 heteroatoms. The standard InChI is InChI=1S/C6H7N3OS/c1-3-5(10)7-6-9-8-4(2)11-6/h3H,1H2,2H3,(H,7,9,10). The number of amides is 1. The van der Waals surface area contributed by atoms with Crippen LogP contribution in [0.1, 0.15) is 5.01 Å². The van der Waals surface area contributed by atoms with Crippen LogP contribution in [0, 0.1) is 6.92 Å². The molecule has 58 valence electrons. The van der Waals surface area contributed by atoms with E-state index in [0.29, 0.717) is 5.13 Å². The third-order valence-corrected chi connectivity index (χ3v) is 1.70. The lowest BCUT2D eigenvalue weighted by atomic mass is 10.6. The van der Waals surface area contributed by atoms with Crippen molar-refractivity contribution in [3.8, 4) is 0 Å². The van der Waals surface area contributed by atoms with Gasteiger partial charge in [0.15, 0.2) is 0 Å². The molecule has 0 fully saturated rings. The molecular weight excluding hydrogens is 162 g/mol. The van der Waals surface area contributed by atoms with Crippen LogP contribution >= 0.6 is 11.3 Å². The molecule has 0 bridgehead atoms. The molecule has 0 unspecified atom stereocenters. The van der Waals surface area contributed by atoms with Gasteiger partial charge in [0.25, 0.3) is 0 Å². The molecule has 1 N–H and O–H groups in total. The van der Waals surface area contributed by atoms with Gasteiger partial charge < -0.3 is 0 Å². The number of hydrogen-bond acceptors (Lipinski definition) is 4. The molecule has 0 aliphatic heterocycles. The lowest BCUT2D eigenvalue weighted by molar-refractivity contribution is -0.111. The molecule has 0 atom stereocenters. The highest BCUT2D eigenvalue weighted by Gasteiger charge is 2.01. The molecule has 1 rings (SSSR count). The number of nitrogens with one attached hydrogen (secondary N) is 1. The van der Waals surface area contributed by atoms with Crippen LogP contribution in [0.2, 0.25) is 0 Å². The molecule has 0 aliphatic carbocycles. The zero-order valence-corrected chi connectivity index (χ0v) is 6.81. The molecule has 0 aromatic carbocycles.